The predicted molar refractivity (Wildman–Crippen MR) is 72.8 cm³/mol. The van der Waals surface area contributed by atoms with Gasteiger partial charge in [-0.2, -0.15) is 0 Å². The van der Waals surface area contributed by atoms with Crippen LogP contribution in [0.3, 0.4) is 0 Å². The van der Waals surface area contributed by atoms with Gasteiger partial charge in [-0.1, -0.05) is 13.8 Å². The lowest BCUT2D eigenvalue weighted by atomic mass is 9.43. The lowest BCUT2D eigenvalue weighted by Gasteiger charge is -2.63. The molecule has 1 heteroatoms. The Morgan fingerprint density at radius 3 is 2.06 bits per heavy atom. The van der Waals surface area contributed by atoms with E-state index in [0.29, 0.717) is 0 Å². The molecule has 4 bridgehead atoms. The quantitative estimate of drug-likeness (QED) is 0.786. The van der Waals surface area contributed by atoms with Crippen molar-refractivity contribution in [2.24, 2.45) is 35.0 Å². The molecule has 0 aromatic rings. The number of rotatable bonds is 3. The van der Waals surface area contributed by atoms with Gasteiger partial charge in [-0.05, 0) is 81.1 Å². The van der Waals surface area contributed by atoms with Gasteiger partial charge >= 0.3 is 0 Å². The van der Waals surface area contributed by atoms with Crippen LogP contribution in [0, 0.1) is 35.0 Å². The summed E-state index contributed by atoms with van der Waals surface area (Å²) in [6.07, 6.45) is 7.71. The second-order valence-corrected chi connectivity index (χ2v) is 7.64. The number of hydrogen-bond acceptors (Lipinski definition) is 1. The summed E-state index contributed by atoms with van der Waals surface area (Å²) in [4.78, 5) is 0. The predicted octanol–water partition coefficient (Wildman–Crippen LogP) is 3.69. The third-order valence-corrected chi connectivity index (χ3v) is 6.65. The van der Waals surface area contributed by atoms with E-state index in [9.17, 15) is 0 Å². The first kappa shape index (κ1) is 12.0. The molecule has 0 spiro atoms. The van der Waals surface area contributed by atoms with Crippen molar-refractivity contribution in [3.8, 4) is 0 Å². The largest absolute Gasteiger partial charge is 0.317 e. The van der Waals surface area contributed by atoms with Crippen LogP contribution in [0.4, 0.5) is 0 Å². The Bertz CT molecular complexity index is 280. The van der Waals surface area contributed by atoms with Crippen LogP contribution >= 0.6 is 0 Å². The normalized spacial score (nSPS) is 49.9. The fraction of sp³-hybridized carbons (Fsp3) is 1.00. The minimum atomic E-state index is 0.731. The first-order chi connectivity index (χ1) is 8.05. The number of hydrogen-bond donors (Lipinski definition) is 1. The van der Waals surface area contributed by atoms with Gasteiger partial charge in [-0.25, -0.2) is 0 Å². The van der Waals surface area contributed by atoms with Gasteiger partial charge in [0.25, 0.3) is 0 Å². The Morgan fingerprint density at radius 2 is 1.59 bits per heavy atom. The Labute approximate surface area is 107 Å². The summed E-state index contributed by atoms with van der Waals surface area (Å²) in [5.74, 6) is 5.03. The van der Waals surface area contributed by atoms with Crippen molar-refractivity contribution < 1.29 is 0 Å². The molecule has 0 aromatic carbocycles. The van der Waals surface area contributed by atoms with Crippen LogP contribution in [-0.2, 0) is 0 Å². The maximum absolute atomic E-state index is 3.53. The summed E-state index contributed by atoms with van der Waals surface area (Å²) in [5, 5.41) is 3.53. The highest BCUT2D eigenvalue weighted by Gasteiger charge is 2.56. The van der Waals surface area contributed by atoms with Crippen molar-refractivity contribution in [1.29, 1.82) is 0 Å². The summed E-state index contributed by atoms with van der Waals surface area (Å²) in [6.45, 7) is 7.36. The minimum absolute atomic E-state index is 0.731. The first-order valence-corrected chi connectivity index (χ1v) is 7.73. The molecule has 1 N–H and O–H groups in total. The smallest absolute Gasteiger partial charge is 0.00693 e. The van der Waals surface area contributed by atoms with Gasteiger partial charge in [-0.15, -0.1) is 0 Å². The Hall–Kier alpha value is -0.0400. The third kappa shape index (κ3) is 1.69. The molecule has 98 valence electrons. The topological polar surface area (TPSA) is 12.0 Å². The van der Waals surface area contributed by atoms with E-state index in [1.54, 1.807) is 19.3 Å². The van der Waals surface area contributed by atoms with E-state index in [2.05, 4.69) is 33.1 Å². The van der Waals surface area contributed by atoms with Crippen LogP contribution in [0.15, 0.2) is 0 Å². The van der Waals surface area contributed by atoms with Gasteiger partial charge in [0.1, 0.15) is 0 Å². The summed E-state index contributed by atoms with van der Waals surface area (Å²) in [6, 6.07) is 0.731. The van der Waals surface area contributed by atoms with Crippen molar-refractivity contribution in [3.63, 3.8) is 0 Å². The molecular weight excluding hydrogens is 206 g/mol. The standard InChI is InChI=1S/C16H29N/c1-10(2)16-7-12-5-13(8-16)15(11(3)17-4)14(6-12)9-16/h10-15,17H,5-9H2,1-4H3. The van der Waals surface area contributed by atoms with Gasteiger partial charge in [0, 0.05) is 6.04 Å². The van der Waals surface area contributed by atoms with Crippen LogP contribution in [-0.4, -0.2) is 13.1 Å². The van der Waals surface area contributed by atoms with Gasteiger partial charge < -0.3 is 5.32 Å². The molecule has 4 rings (SSSR count). The average molecular weight is 235 g/mol. The maximum Gasteiger partial charge on any atom is 0.00693 e. The molecule has 0 radical (unpaired) electrons. The second-order valence-electron chi connectivity index (χ2n) is 7.64. The van der Waals surface area contributed by atoms with E-state index in [1.165, 1.54) is 12.8 Å². The Kier molecular flexibility index (Phi) is 2.81. The summed E-state index contributed by atoms with van der Waals surface area (Å²) in [5.41, 5.74) is 0.737. The molecule has 0 aliphatic heterocycles. The summed E-state index contributed by atoms with van der Waals surface area (Å²) < 4.78 is 0. The molecule has 4 saturated carbocycles. The van der Waals surface area contributed by atoms with Crippen LogP contribution < -0.4 is 5.32 Å². The van der Waals surface area contributed by atoms with Crippen LogP contribution in [0.1, 0.15) is 52.9 Å². The zero-order valence-corrected chi connectivity index (χ0v) is 12.0. The van der Waals surface area contributed by atoms with Crippen LogP contribution in [0.5, 0.6) is 0 Å². The average Bonchev–Trinajstić information content (AvgIpc) is 2.27. The Morgan fingerprint density at radius 1 is 1.00 bits per heavy atom. The lowest BCUT2D eigenvalue weighted by molar-refractivity contribution is -0.123. The van der Waals surface area contributed by atoms with Crippen molar-refractivity contribution in [3.05, 3.63) is 0 Å². The van der Waals surface area contributed by atoms with Gasteiger partial charge in [0.05, 0.1) is 0 Å². The van der Waals surface area contributed by atoms with Gasteiger partial charge in [0.15, 0.2) is 0 Å². The molecule has 4 aliphatic rings. The molecule has 0 saturated heterocycles. The highest BCUT2D eigenvalue weighted by Crippen LogP contribution is 2.65. The molecule has 0 aromatic heterocycles. The third-order valence-electron chi connectivity index (χ3n) is 6.65. The van der Waals surface area contributed by atoms with Gasteiger partial charge in [-0.3, -0.25) is 0 Å². The molecule has 4 aliphatic carbocycles. The molecule has 3 unspecified atom stereocenters. The fourth-order valence-electron chi connectivity index (χ4n) is 5.84. The van der Waals surface area contributed by atoms with E-state index in [1.807, 2.05) is 0 Å². The molecule has 1 nitrogen and oxygen atoms in total. The first-order valence-electron chi connectivity index (χ1n) is 7.73. The van der Waals surface area contributed by atoms with E-state index < -0.39 is 0 Å². The van der Waals surface area contributed by atoms with Crippen molar-refractivity contribution in [2.75, 3.05) is 7.05 Å². The minimum Gasteiger partial charge on any atom is -0.317 e. The van der Waals surface area contributed by atoms with E-state index in [4.69, 9.17) is 0 Å². The Balaban J connectivity index is 1.86. The summed E-state index contributed by atoms with van der Waals surface area (Å²) in [7, 11) is 2.15. The molecule has 4 fully saturated rings. The lowest BCUT2D eigenvalue weighted by Crippen LogP contribution is -2.56. The highest BCUT2D eigenvalue weighted by molar-refractivity contribution is 5.07. The zero-order chi connectivity index (χ0) is 12.2. The monoisotopic (exact) mass is 235 g/mol. The van der Waals surface area contributed by atoms with Crippen LogP contribution in [0.2, 0.25) is 0 Å². The molecule has 0 amide bonds. The van der Waals surface area contributed by atoms with E-state index >= 15 is 0 Å². The summed E-state index contributed by atoms with van der Waals surface area (Å²) >= 11 is 0. The number of nitrogens with one attached hydrogen (secondary N) is 1. The maximum atomic E-state index is 3.53. The molecule has 0 heterocycles. The van der Waals surface area contributed by atoms with Crippen LogP contribution in [0.25, 0.3) is 0 Å². The SMILES string of the molecule is CNC(C)C1C2CC3CC1CC(C(C)C)(C3)C2. The van der Waals surface area contributed by atoms with E-state index in [-0.39, 0.29) is 0 Å². The fourth-order valence-corrected chi connectivity index (χ4v) is 5.84. The molecule has 17 heavy (non-hydrogen) atoms. The van der Waals surface area contributed by atoms with E-state index in [0.717, 1.165) is 41.0 Å². The highest BCUT2D eigenvalue weighted by atomic mass is 14.9. The molecule has 3 atom stereocenters. The van der Waals surface area contributed by atoms with Crippen molar-refractivity contribution in [2.45, 2.75) is 58.9 Å². The molecular formula is C16H29N. The second kappa shape index (κ2) is 3.98. The van der Waals surface area contributed by atoms with Crippen molar-refractivity contribution in [1.82, 2.24) is 5.32 Å². The zero-order valence-electron chi connectivity index (χ0n) is 12.0. The van der Waals surface area contributed by atoms with Gasteiger partial charge in [0.2, 0.25) is 0 Å². The van der Waals surface area contributed by atoms with Crippen molar-refractivity contribution >= 4 is 0 Å².